The monoisotopic (exact) mass is 275 g/mol. The zero-order chi connectivity index (χ0) is 14.1. The third-order valence-electron chi connectivity index (χ3n) is 2.82. The fourth-order valence-electron chi connectivity index (χ4n) is 1.68. The molecule has 0 spiro atoms. The minimum Gasteiger partial charge on any atom is -0.360 e. The molecule has 0 amide bonds. The average molecular weight is 275 g/mol. The van der Waals surface area contributed by atoms with Crippen molar-refractivity contribution in [3.8, 4) is 0 Å². The van der Waals surface area contributed by atoms with Crippen LogP contribution in [0.4, 0.5) is 0 Å². The Hall–Kier alpha value is -0.920. The molecule has 0 aliphatic heterocycles. The van der Waals surface area contributed by atoms with Crippen LogP contribution in [0.5, 0.6) is 0 Å². The molecule has 104 valence electrons. The van der Waals surface area contributed by atoms with Gasteiger partial charge in [-0.3, -0.25) is 0 Å². The largest absolute Gasteiger partial charge is 0.360 e. The lowest BCUT2D eigenvalue weighted by atomic mass is 9.88. The Kier molecular flexibility index (Phi) is 4.19. The van der Waals surface area contributed by atoms with Gasteiger partial charge in [-0.05, 0) is 19.3 Å². The Labute approximate surface area is 108 Å². The summed E-state index contributed by atoms with van der Waals surface area (Å²) in [6.07, 6.45) is 0. The molecule has 0 fully saturated rings. The van der Waals surface area contributed by atoms with E-state index in [1.807, 2.05) is 20.8 Å². The number of hydrogen-bond donors (Lipinski definition) is 2. The van der Waals surface area contributed by atoms with Crippen LogP contribution in [0.15, 0.2) is 9.42 Å². The van der Waals surface area contributed by atoms with E-state index in [2.05, 4.69) is 9.88 Å². The van der Waals surface area contributed by atoms with Crippen LogP contribution < -0.4 is 10.5 Å². The molecule has 1 aromatic heterocycles. The Morgan fingerprint density at radius 2 is 1.94 bits per heavy atom. The van der Waals surface area contributed by atoms with E-state index >= 15 is 0 Å². The van der Waals surface area contributed by atoms with Crippen LogP contribution >= 0.6 is 0 Å². The Bertz CT molecular complexity index is 495. The molecule has 0 aromatic carbocycles. The smallest absolute Gasteiger partial charge is 0.246 e. The first-order valence-electron chi connectivity index (χ1n) is 5.75. The Morgan fingerprint density at radius 3 is 2.28 bits per heavy atom. The van der Waals surface area contributed by atoms with E-state index in [1.54, 1.807) is 13.8 Å². The fraction of sp³-hybridized carbons (Fsp3) is 0.727. The van der Waals surface area contributed by atoms with E-state index in [1.165, 1.54) is 0 Å². The van der Waals surface area contributed by atoms with Crippen molar-refractivity contribution in [2.75, 3.05) is 6.54 Å². The second-order valence-electron chi connectivity index (χ2n) is 5.43. The van der Waals surface area contributed by atoms with Crippen molar-refractivity contribution < 1.29 is 12.9 Å². The molecule has 0 radical (unpaired) electrons. The van der Waals surface area contributed by atoms with Crippen molar-refractivity contribution in [2.24, 2.45) is 11.1 Å². The van der Waals surface area contributed by atoms with Gasteiger partial charge >= 0.3 is 0 Å². The number of aryl methyl sites for hydroxylation is 2. The summed E-state index contributed by atoms with van der Waals surface area (Å²) in [5.74, 6) is 0.282. The van der Waals surface area contributed by atoms with Gasteiger partial charge in [0.2, 0.25) is 10.0 Å². The molecule has 1 heterocycles. The highest BCUT2D eigenvalue weighted by Gasteiger charge is 2.31. The number of sulfonamides is 1. The van der Waals surface area contributed by atoms with Gasteiger partial charge in [-0.1, -0.05) is 25.9 Å². The summed E-state index contributed by atoms with van der Waals surface area (Å²) in [7, 11) is -3.66. The second-order valence-corrected chi connectivity index (χ2v) is 7.08. The van der Waals surface area contributed by atoms with Crippen LogP contribution in [0.1, 0.15) is 32.2 Å². The maximum Gasteiger partial charge on any atom is 0.246 e. The first-order valence-corrected chi connectivity index (χ1v) is 7.23. The van der Waals surface area contributed by atoms with Gasteiger partial charge in [0.1, 0.15) is 10.6 Å². The topological polar surface area (TPSA) is 98.2 Å². The van der Waals surface area contributed by atoms with Crippen LogP contribution in [-0.2, 0) is 10.0 Å². The quantitative estimate of drug-likeness (QED) is 0.852. The van der Waals surface area contributed by atoms with E-state index in [9.17, 15) is 8.42 Å². The molecule has 1 unspecified atom stereocenters. The van der Waals surface area contributed by atoms with Gasteiger partial charge < -0.3 is 10.3 Å². The molecular weight excluding hydrogens is 254 g/mol. The van der Waals surface area contributed by atoms with Gasteiger partial charge in [0.15, 0.2) is 5.76 Å². The van der Waals surface area contributed by atoms with E-state index in [0.717, 1.165) is 0 Å². The highest BCUT2D eigenvalue weighted by atomic mass is 32.2. The Morgan fingerprint density at radius 1 is 1.39 bits per heavy atom. The van der Waals surface area contributed by atoms with Crippen molar-refractivity contribution in [3.63, 3.8) is 0 Å². The highest BCUT2D eigenvalue weighted by molar-refractivity contribution is 7.89. The van der Waals surface area contributed by atoms with E-state index in [-0.39, 0.29) is 28.7 Å². The van der Waals surface area contributed by atoms with Gasteiger partial charge in [0.05, 0.1) is 0 Å². The van der Waals surface area contributed by atoms with Crippen LogP contribution in [0, 0.1) is 19.3 Å². The zero-order valence-corrected chi connectivity index (χ0v) is 12.3. The number of hydrogen-bond acceptors (Lipinski definition) is 5. The van der Waals surface area contributed by atoms with Gasteiger partial charge in [-0.15, -0.1) is 0 Å². The predicted molar refractivity (Wildman–Crippen MR) is 68.6 cm³/mol. The lowest BCUT2D eigenvalue weighted by Gasteiger charge is -2.29. The maximum absolute atomic E-state index is 12.3. The van der Waals surface area contributed by atoms with Crippen LogP contribution in [0.3, 0.4) is 0 Å². The molecule has 0 bridgehead atoms. The fourth-order valence-corrected chi connectivity index (χ4v) is 3.47. The molecule has 1 atom stereocenters. The molecule has 3 N–H and O–H groups in total. The molecule has 1 rings (SSSR count). The minimum atomic E-state index is -3.66. The van der Waals surface area contributed by atoms with Crippen molar-refractivity contribution >= 4 is 10.0 Å². The van der Waals surface area contributed by atoms with E-state index < -0.39 is 10.0 Å². The SMILES string of the molecule is Cc1noc(C)c1S(=O)(=O)NC(CN)C(C)(C)C. The summed E-state index contributed by atoms with van der Waals surface area (Å²) in [6.45, 7) is 9.19. The molecule has 0 saturated heterocycles. The number of rotatable bonds is 4. The lowest BCUT2D eigenvalue weighted by molar-refractivity contribution is 0.304. The molecule has 0 saturated carbocycles. The Balaban J connectivity index is 3.10. The van der Waals surface area contributed by atoms with Gasteiger partial charge in [-0.25, -0.2) is 13.1 Å². The molecular formula is C11H21N3O3S. The predicted octanol–water partition coefficient (Wildman–Crippen LogP) is 0.943. The summed E-state index contributed by atoms with van der Waals surface area (Å²) in [5, 5.41) is 3.65. The van der Waals surface area contributed by atoms with Crippen LogP contribution in [0.25, 0.3) is 0 Å². The van der Waals surface area contributed by atoms with Crippen LogP contribution in [-0.4, -0.2) is 26.2 Å². The molecule has 7 heteroatoms. The standard InChI is InChI=1S/C11H21N3O3S/c1-7-10(8(2)17-13-7)18(15,16)14-9(6-12)11(3,4)5/h9,14H,6,12H2,1-5H3. The van der Waals surface area contributed by atoms with Crippen molar-refractivity contribution in [2.45, 2.75) is 45.6 Å². The molecule has 0 aliphatic carbocycles. The summed E-state index contributed by atoms with van der Waals surface area (Å²) in [5.41, 5.74) is 5.72. The highest BCUT2D eigenvalue weighted by Crippen LogP contribution is 2.23. The number of aromatic nitrogens is 1. The third-order valence-corrected chi connectivity index (χ3v) is 4.53. The minimum absolute atomic E-state index is 0.102. The molecule has 18 heavy (non-hydrogen) atoms. The van der Waals surface area contributed by atoms with Crippen molar-refractivity contribution in [1.82, 2.24) is 9.88 Å². The van der Waals surface area contributed by atoms with Gasteiger partial charge in [0, 0.05) is 12.6 Å². The van der Waals surface area contributed by atoms with Crippen molar-refractivity contribution in [3.05, 3.63) is 11.5 Å². The van der Waals surface area contributed by atoms with Crippen LogP contribution in [0.2, 0.25) is 0 Å². The first kappa shape index (κ1) is 15.1. The zero-order valence-electron chi connectivity index (χ0n) is 11.4. The maximum atomic E-state index is 12.3. The van der Waals surface area contributed by atoms with Gasteiger partial charge in [-0.2, -0.15) is 0 Å². The number of nitrogens with zero attached hydrogens (tertiary/aromatic N) is 1. The summed E-state index contributed by atoms with van der Waals surface area (Å²) in [4.78, 5) is 0.102. The summed E-state index contributed by atoms with van der Waals surface area (Å²) < 4.78 is 32.1. The van der Waals surface area contributed by atoms with Crippen molar-refractivity contribution in [1.29, 1.82) is 0 Å². The first-order chi connectivity index (χ1) is 8.09. The average Bonchev–Trinajstić information content (AvgIpc) is 2.54. The van der Waals surface area contributed by atoms with E-state index in [0.29, 0.717) is 5.69 Å². The second kappa shape index (κ2) is 4.99. The number of nitrogens with two attached hydrogens (primary N) is 1. The lowest BCUT2D eigenvalue weighted by Crippen LogP contribution is -2.48. The summed E-state index contributed by atoms with van der Waals surface area (Å²) >= 11 is 0. The summed E-state index contributed by atoms with van der Waals surface area (Å²) in [6, 6.07) is -0.351. The third kappa shape index (κ3) is 3.09. The normalized spacial score (nSPS) is 14.8. The molecule has 0 aliphatic rings. The van der Waals surface area contributed by atoms with E-state index in [4.69, 9.17) is 10.3 Å². The van der Waals surface area contributed by atoms with Gasteiger partial charge in [0.25, 0.3) is 0 Å². The number of nitrogens with one attached hydrogen (secondary N) is 1. The molecule has 6 nitrogen and oxygen atoms in total. The molecule has 1 aromatic rings.